The third-order valence-electron chi connectivity index (χ3n) is 4.34. The van der Waals surface area contributed by atoms with Gasteiger partial charge in [0.1, 0.15) is 0 Å². The van der Waals surface area contributed by atoms with Crippen molar-refractivity contribution < 1.29 is 9.53 Å². The molecule has 0 bridgehead atoms. The molecule has 96 valence electrons. The summed E-state index contributed by atoms with van der Waals surface area (Å²) in [5.41, 5.74) is -0.160. The van der Waals surface area contributed by atoms with E-state index in [1.807, 2.05) is 4.90 Å². The summed E-state index contributed by atoms with van der Waals surface area (Å²) >= 11 is 0. The fourth-order valence-electron chi connectivity index (χ4n) is 3.09. The molecule has 0 aromatic heterocycles. The Labute approximate surface area is 103 Å². The van der Waals surface area contributed by atoms with Gasteiger partial charge in [0, 0.05) is 13.2 Å². The van der Waals surface area contributed by atoms with E-state index in [2.05, 4.69) is 12.2 Å². The second-order valence-corrected chi connectivity index (χ2v) is 5.68. The predicted octanol–water partition coefficient (Wildman–Crippen LogP) is 1.26. The van der Waals surface area contributed by atoms with Crippen LogP contribution in [0.5, 0.6) is 0 Å². The van der Waals surface area contributed by atoms with Gasteiger partial charge in [0.2, 0.25) is 5.91 Å². The molecule has 2 heterocycles. The molecule has 3 rings (SSSR count). The first-order valence-corrected chi connectivity index (χ1v) is 6.92. The number of carbonyl (C=O) groups is 1. The normalized spacial score (nSPS) is 35.6. The highest BCUT2D eigenvalue weighted by Crippen LogP contribution is 2.42. The average Bonchev–Trinajstić information content (AvgIpc) is 3.06. The topological polar surface area (TPSA) is 41.6 Å². The van der Waals surface area contributed by atoms with Gasteiger partial charge in [-0.25, -0.2) is 0 Å². The molecule has 1 aliphatic carbocycles. The molecule has 17 heavy (non-hydrogen) atoms. The van der Waals surface area contributed by atoms with Crippen molar-refractivity contribution in [2.24, 2.45) is 0 Å². The number of nitrogens with one attached hydrogen (secondary N) is 1. The van der Waals surface area contributed by atoms with E-state index in [-0.39, 0.29) is 11.7 Å². The van der Waals surface area contributed by atoms with Crippen molar-refractivity contribution in [2.45, 2.75) is 63.3 Å². The second-order valence-electron chi connectivity index (χ2n) is 5.68. The first-order chi connectivity index (χ1) is 8.21. The zero-order valence-corrected chi connectivity index (χ0v) is 10.6. The van der Waals surface area contributed by atoms with Gasteiger partial charge in [-0.15, -0.1) is 0 Å². The maximum Gasteiger partial charge on any atom is 0.244 e. The van der Waals surface area contributed by atoms with Crippen LogP contribution in [0.15, 0.2) is 0 Å². The van der Waals surface area contributed by atoms with Gasteiger partial charge in [-0.2, -0.15) is 0 Å². The van der Waals surface area contributed by atoms with Crippen LogP contribution in [0.25, 0.3) is 0 Å². The van der Waals surface area contributed by atoms with E-state index in [1.165, 1.54) is 12.8 Å². The largest absolute Gasteiger partial charge is 0.378 e. The van der Waals surface area contributed by atoms with Gasteiger partial charge in [-0.05, 0) is 45.4 Å². The van der Waals surface area contributed by atoms with Crippen LogP contribution >= 0.6 is 0 Å². The molecule has 1 amide bonds. The molecule has 1 saturated carbocycles. The average molecular weight is 238 g/mol. The molecule has 1 N–H and O–H groups in total. The fourth-order valence-corrected chi connectivity index (χ4v) is 3.09. The van der Waals surface area contributed by atoms with Gasteiger partial charge in [-0.1, -0.05) is 0 Å². The standard InChI is InChI=1S/C13H22N2O2/c1-10-14-13(6-7-13)12(16)15(10)8-5-11-4-2-3-9-17-11/h10-11,14H,2-9H2,1H3. The summed E-state index contributed by atoms with van der Waals surface area (Å²) in [6, 6.07) is 0. The Hall–Kier alpha value is -0.610. The number of ether oxygens (including phenoxy) is 1. The molecule has 4 heteroatoms. The molecule has 2 unspecified atom stereocenters. The quantitative estimate of drug-likeness (QED) is 0.804. The Balaban J connectivity index is 1.52. The van der Waals surface area contributed by atoms with E-state index in [0.717, 1.165) is 38.8 Å². The lowest BCUT2D eigenvalue weighted by Crippen LogP contribution is -2.37. The fraction of sp³-hybridized carbons (Fsp3) is 0.923. The lowest BCUT2D eigenvalue weighted by molar-refractivity contribution is -0.131. The number of carbonyl (C=O) groups excluding carboxylic acids is 1. The van der Waals surface area contributed by atoms with E-state index in [1.54, 1.807) is 0 Å². The maximum absolute atomic E-state index is 12.2. The van der Waals surface area contributed by atoms with E-state index >= 15 is 0 Å². The highest BCUT2D eigenvalue weighted by molar-refractivity contribution is 5.91. The van der Waals surface area contributed by atoms with Gasteiger partial charge in [0.05, 0.1) is 17.8 Å². The van der Waals surface area contributed by atoms with E-state index in [4.69, 9.17) is 4.74 Å². The molecule has 3 aliphatic rings. The van der Waals surface area contributed by atoms with Gasteiger partial charge in [0.25, 0.3) is 0 Å². The van der Waals surface area contributed by atoms with E-state index in [0.29, 0.717) is 12.0 Å². The number of hydrogen-bond donors (Lipinski definition) is 1. The SMILES string of the molecule is CC1NC2(CC2)C(=O)N1CCC1CCCCO1. The van der Waals surface area contributed by atoms with Gasteiger partial charge < -0.3 is 9.64 Å². The lowest BCUT2D eigenvalue weighted by atomic mass is 10.1. The molecule has 1 spiro atoms. The van der Waals surface area contributed by atoms with Crippen LogP contribution in [-0.4, -0.2) is 41.8 Å². The van der Waals surface area contributed by atoms with Crippen LogP contribution < -0.4 is 5.32 Å². The summed E-state index contributed by atoms with van der Waals surface area (Å²) in [6.45, 7) is 3.84. The number of nitrogens with zero attached hydrogens (tertiary/aromatic N) is 1. The van der Waals surface area contributed by atoms with Crippen LogP contribution in [-0.2, 0) is 9.53 Å². The molecular weight excluding hydrogens is 216 g/mol. The van der Waals surface area contributed by atoms with Crippen molar-refractivity contribution in [1.29, 1.82) is 0 Å². The zero-order chi connectivity index (χ0) is 11.9. The minimum Gasteiger partial charge on any atom is -0.378 e. The molecule has 4 nitrogen and oxygen atoms in total. The summed E-state index contributed by atoms with van der Waals surface area (Å²) in [4.78, 5) is 14.2. The van der Waals surface area contributed by atoms with Crippen molar-refractivity contribution in [3.05, 3.63) is 0 Å². The third-order valence-corrected chi connectivity index (χ3v) is 4.34. The van der Waals surface area contributed by atoms with Crippen LogP contribution in [0.1, 0.15) is 45.4 Å². The smallest absolute Gasteiger partial charge is 0.244 e. The highest BCUT2D eigenvalue weighted by Gasteiger charge is 2.57. The summed E-state index contributed by atoms with van der Waals surface area (Å²) in [5.74, 6) is 0.320. The Kier molecular flexibility index (Phi) is 2.87. The molecular formula is C13H22N2O2. The van der Waals surface area contributed by atoms with Crippen molar-refractivity contribution in [2.75, 3.05) is 13.2 Å². The second kappa shape index (κ2) is 4.25. The Bertz CT molecular complexity index is 309. The van der Waals surface area contributed by atoms with Crippen molar-refractivity contribution in [1.82, 2.24) is 10.2 Å². The molecule has 2 saturated heterocycles. The van der Waals surface area contributed by atoms with E-state index in [9.17, 15) is 4.79 Å². The number of hydrogen-bond acceptors (Lipinski definition) is 3. The Morgan fingerprint density at radius 1 is 1.47 bits per heavy atom. The highest BCUT2D eigenvalue weighted by atomic mass is 16.5. The maximum atomic E-state index is 12.2. The first kappa shape index (κ1) is 11.5. The number of amides is 1. The van der Waals surface area contributed by atoms with Crippen LogP contribution in [0.3, 0.4) is 0 Å². The summed E-state index contributed by atoms with van der Waals surface area (Å²) in [5, 5.41) is 3.43. The monoisotopic (exact) mass is 238 g/mol. The van der Waals surface area contributed by atoms with E-state index < -0.39 is 0 Å². The van der Waals surface area contributed by atoms with Gasteiger partial charge in [-0.3, -0.25) is 10.1 Å². The molecule has 0 radical (unpaired) electrons. The molecule has 0 aromatic rings. The van der Waals surface area contributed by atoms with Gasteiger partial charge in [0.15, 0.2) is 0 Å². The number of rotatable bonds is 3. The Morgan fingerprint density at radius 3 is 2.88 bits per heavy atom. The Morgan fingerprint density at radius 2 is 2.29 bits per heavy atom. The van der Waals surface area contributed by atoms with Crippen LogP contribution in [0.4, 0.5) is 0 Å². The van der Waals surface area contributed by atoms with Gasteiger partial charge >= 0.3 is 0 Å². The third kappa shape index (κ3) is 2.08. The molecule has 0 aromatic carbocycles. The molecule has 2 atom stereocenters. The minimum atomic E-state index is -0.160. The van der Waals surface area contributed by atoms with Crippen molar-refractivity contribution in [3.63, 3.8) is 0 Å². The lowest BCUT2D eigenvalue weighted by Gasteiger charge is -2.26. The summed E-state index contributed by atoms with van der Waals surface area (Å²) in [7, 11) is 0. The molecule has 2 aliphatic heterocycles. The zero-order valence-electron chi connectivity index (χ0n) is 10.6. The first-order valence-electron chi connectivity index (χ1n) is 6.92. The minimum absolute atomic E-state index is 0.160. The summed E-state index contributed by atoms with van der Waals surface area (Å²) in [6.07, 6.45) is 7.24. The van der Waals surface area contributed by atoms with Crippen molar-refractivity contribution in [3.8, 4) is 0 Å². The predicted molar refractivity (Wildman–Crippen MR) is 64.5 cm³/mol. The molecule has 3 fully saturated rings. The summed E-state index contributed by atoms with van der Waals surface area (Å²) < 4.78 is 5.72. The van der Waals surface area contributed by atoms with Crippen LogP contribution in [0, 0.1) is 0 Å². The van der Waals surface area contributed by atoms with Crippen molar-refractivity contribution >= 4 is 5.91 Å². The van der Waals surface area contributed by atoms with Crippen LogP contribution in [0.2, 0.25) is 0 Å².